The summed E-state index contributed by atoms with van der Waals surface area (Å²) in [6, 6.07) is 6.10. The molecule has 0 saturated heterocycles. The van der Waals surface area contributed by atoms with Crippen LogP contribution < -0.4 is 15.8 Å². The zero-order chi connectivity index (χ0) is 17.4. The van der Waals surface area contributed by atoms with Gasteiger partial charge in [0.15, 0.2) is 0 Å². The van der Waals surface area contributed by atoms with E-state index in [1.807, 2.05) is 0 Å². The number of urea groups is 1. The summed E-state index contributed by atoms with van der Waals surface area (Å²) in [6.07, 6.45) is 10.7. The molecule has 4 N–H and O–H groups in total. The minimum absolute atomic E-state index is 0.0878. The Kier molecular flexibility index (Phi) is 6.81. The minimum atomic E-state index is -3.66. The number of allylic oxidation sites excluding steroid dienone is 1. The molecule has 2 amide bonds. The first-order valence-corrected chi connectivity index (χ1v) is 9.82. The Morgan fingerprint density at radius 3 is 2.46 bits per heavy atom. The van der Waals surface area contributed by atoms with Crippen molar-refractivity contribution in [3.05, 3.63) is 42.1 Å². The lowest BCUT2D eigenvalue weighted by Crippen LogP contribution is -2.33. The highest BCUT2D eigenvalue weighted by Gasteiger charge is 2.10. The molecule has 0 aliphatic heterocycles. The topological polar surface area (TPSA) is 101 Å². The van der Waals surface area contributed by atoms with Crippen LogP contribution >= 0.6 is 0 Å². The first-order valence-electron chi connectivity index (χ1n) is 8.28. The number of primary sulfonamides is 1. The Balaban J connectivity index is 1.67. The molecule has 2 rings (SSSR count). The van der Waals surface area contributed by atoms with Crippen LogP contribution in [0.1, 0.15) is 37.7 Å². The van der Waals surface area contributed by atoms with Gasteiger partial charge in [0.05, 0.1) is 4.90 Å². The Morgan fingerprint density at radius 1 is 1.17 bits per heavy atom. The molecule has 1 aliphatic carbocycles. The minimum Gasteiger partial charge on any atom is -0.338 e. The van der Waals surface area contributed by atoms with Crippen LogP contribution in [0.25, 0.3) is 0 Å². The van der Waals surface area contributed by atoms with E-state index in [2.05, 4.69) is 16.7 Å². The highest BCUT2D eigenvalue weighted by Crippen LogP contribution is 2.24. The third-order valence-electron chi connectivity index (χ3n) is 4.18. The van der Waals surface area contributed by atoms with Crippen LogP contribution in [0, 0.1) is 5.92 Å². The Bertz CT molecular complexity index is 663. The van der Waals surface area contributed by atoms with Crippen molar-refractivity contribution in [2.45, 2.75) is 43.4 Å². The molecule has 0 atom stereocenters. The van der Waals surface area contributed by atoms with Crippen molar-refractivity contribution in [3.8, 4) is 0 Å². The van der Waals surface area contributed by atoms with Gasteiger partial charge in [-0.05, 0) is 42.9 Å². The van der Waals surface area contributed by atoms with E-state index in [-0.39, 0.29) is 10.9 Å². The first-order chi connectivity index (χ1) is 11.4. The fourth-order valence-electron chi connectivity index (χ4n) is 2.80. The average molecular weight is 351 g/mol. The third kappa shape index (κ3) is 6.33. The van der Waals surface area contributed by atoms with Gasteiger partial charge in [-0.25, -0.2) is 18.4 Å². The molecule has 6 nitrogen and oxygen atoms in total. The number of nitrogens with one attached hydrogen (secondary N) is 2. The Labute approximate surface area is 143 Å². The maximum absolute atomic E-state index is 11.7. The fourth-order valence-corrected chi connectivity index (χ4v) is 3.32. The zero-order valence-corrected chi connectivity index (χ0v) is 14.5. The van der Waals surface area contributed by atoms with E-state index in [0.717, 1.165) is 5.56 Å². The van der Waals surface area contributed by atoms with E-state index in [1.54, 1.807) is 18.3 Å². The Hall–Kier alpha value is -1.86. The van der Waals surface area contributed by atoms with Crippen molar-refractivity contribution in [2.75, 3.05) is 6.54 Å². The van der Waals surface area contributed by atoms with Gasteiger partial charge in [-0.1, -0.05) is 37.5 Å². The van der Waals surface area contributed by atoms with Crippen molar-refractivity contribution in [3.63, 3.8) is 0 Å². The van der Waals surface area contributed by atoms with Gasteiger partial charge in [0.1, 0.15) is 0 Å². The second-order valence-corrected chi connectivity index (χ2v) is 7.66. The molecule has 1 aromatic carbocycles. The normalized spacial score (nSPS) is 16.2. The van der Waals surface area contributed by atoms with Crippen LogP contribution in [0.5, 0.6) is 0 Å². The highest BCUT2D eigenvalue weighted by molar-refractivity contribution is 7.89. The van der Waals surface area contributed by atoms with Crippen molar-refractivity contribution in [1.29, 1.82) is 0 Å². The number of benzene rings is 1. The zero-order valence-electron chi connectivity index (χ0n) is 13.7. The standard InChI is InChI=1S/C17H25N3O3S/c18-24(22,23)16-8-6-15(7-9-16)11-13-20-17(21)19-12-10-14-4-2-1-3-5-14/h6-10,12,14H,1-5,11,13H2,(H2,18,22,23)(H2,19,20,21)/b12-10+. The molecule has 7 heteroatoms. The SMILES string of the molecule is NS(=O)(=O)c1ccc(CCNC(=O)N/C=C/C2CCCCC2)cc1. The molecule has 0 heterocycles. The lowest BCUT2D eigenvalue weighted by molar-refractivity contribution is 0.244. The summed E-state index contributed by atoms with van der Waals surface area (Å²) in [7, 11) is -3.66. The van der Waals surface area contributed by atoms with Crippen LogP contribution in [0.15, 0.2) is 41.4 Å². The molecule has 1 saturated carbocycles. The van der Waals surface area contributed by atoms with Gasteiger partial charge in [0, 0.05) is 12.7 Å². The van der Waals surface area contributed by atoms with Gasteiger partial charge in [-0.3, -0.25) is 0 Å². The van der Waals surface area contributed by atoms with Crippen molar-refractivity contribution in [1.82, 2.24) is 10.6 Å². The summed E-state index contributed by atoms with van der Waals surface area (Å²) in [5.41, 5.74) is 0.931. The van der Waals surface area contributed by atoms with Gasteiger partial charge in [-0.15, -0.1) is 0 Å². The Morgan fingerprint density at radius 2 is 1.83 bits per heavy atom. The molecule has 0 aromatic heterocycles. The van der Waals surface area contributed by atoms with Crippen molar-refractivity contribution in [2.24, 2.45) is 11.1 Å². The predicted octanol–water partition coefficient (Wildman–Crippen LogP) is 2.27. The number of carbonyl (C=O) groups excluding carboxylic acids is 1. The van der Waals surface area contributed by atoms with Crippen LogP contribution in [-0.2, 0) is 16.4 Å². The molecule has 0 spiro atoms. The molecule has 132 valence electrons. The lowest BCUT2D eigenvalue weighted by atomic mass is 9.89. The average Bonchev–Trinajstić information content (AvgIpc) is 2.55. The summed E-state index contributed by atoms with van der Waals surface area (Å²) in [5, 5.41) is 10.5. The molecule has 1 aliphatic rings. The maximum Gasteiger partial charge on any atom is 0.318 e. The maximum atomic E-state index is 11.7. The second-order valence-electron chi connectivity index (χ2n) is 6.10. The number of amides is 2. The van der Waals surface area contributed by atoms with Gasteiger partial charge >= 0.3 is 6.03 Å². The number of nitrogens with two attached hydrogens (primary N) is 1. The molecule has 1 fully saturated rings. The van der Waals surface area contributed by atoms with E-state index < -0.39 is 10.0 Å². The smallest absolute Gasteiger partial charge is 0.318 e. The van der Waals surface area contributed by atoms with E-state index in [9.17, 15) is 13.2 Å². The quantitative estimate of drug-likeness (QED) is 0.733. The van der Waals surface area contributed by atoms with Gasteiger partial charge < -0.3 is 10.6 Å². The third-order valence-corrected chi connectivity index (χ3v) is 5.11. The summed E-state index contributed by atoms with van der Waals surface area (Å²) in [4.78, 5) is 11.8. The predicted molar refractivity (Wildman–Crippen MR) is 93.8 cm³/mol. The highest BCUT2D eigenvalue weighted by atomic mass is 32.2. The van der Waals surface area contributed by atoms with Crippen LogP contribution in [-0.4, -0.2) is 21.0 Å². The van der Waals surface area contributed by atoms with E-state index in [4.69, 9.17) is 5.14 Å². The van der Waals surface area contributed by atoms with E-state index in [0.29, 0.717) is 18.9 Å². The molecular formula is C17H25N3O3S. The first kappa shape index (κ1) is 18.5. The van der Waals surface area contributed by atoms with Crippen LogP contribution in [0.4, 0.5) is 4.79 Å². The van der Waals surface area contributed by atoms with E-state index in [1.165, 1.54) is 44.2 Å². The number of hydrogen-bond acceptors (Lipinski definition) is 3. The molecule has 1 aromatic rings. The van der Waals surface area contributed by atoms with Gasteiger partial charge in [0.25, 0.3) is 0 Å². The van der Waals surface area contributed by atoms with E-state index >= 15 is 0 Å². The monoisotopic (exact) mass is 351 g/mol. The van der Waals surface area contributed by atoms with Crippen molar-refractivity contribution >= 4 is 16.1 Å². The number of rotatable bonds is 6. The lowest BCUT2D eigenvalue weighted by Gasteiger charge is -2.17. The molecule has 0 radical (unpaired) electrons. The number of sulfonamides is 1. The fraction of sp³-hybridized carbons (Fsp3) is 0.471. The molecule has 24 heavy (non-hydrogen) atoms. The number of hydrogen-bond donors (Lipinski definition) is 3. The van der Waals surface area contributed by atoms with Crippen LogP contribution in [0.3, 0.4) is 0 Å². The van der Waals surface area contributed by atoms with Crippen molar-refractivity contribution < 1.29 is 13.2 Å². The molecular weight excluding hydrogens is 326 g/mol. The summed E-state index contributed by atoms with van der Waals surface area (Å²) in [5.74, 6) is 0.580. The molecule has 0 bridgehead atoms. The summed E-state index contributed by atoms with van der Waals surface area (Å²) in [6.45, 7) is 0.470. The number of carbonyl (C=O) groups is 1. The van der Waals surface area contributed by atoms with Crippen LogP contribution in [0.2, 0.25) is 0 Å². The second kappa shape index (κ2) is 8.84. The molecule has 0 unspecified atom stereocenters. The van der Waals surface area contributed by atoms with Gasteiger partial charge in [-0.2, -0.15) is 0 Å². The largest absolute Gasteiger partial charge is 0.338 e. The van der Waals surface area contributed by atoms with Gasteiger partial charge in [0.2, 0.25) is 10.0 Å². The summed E-state index contributed by atoms with van der Waals surface area (Å²) >= 11 is 0. The summed E-state index contributed by atoms with van der Waals surface area (Å²) < 4.78 is 22.3.